The van der Waals surface area contributed by atoms with Crippen LogP contribution in [0.2, 0.25) is 5.02 Å². The average molecular weight is 461 g/mol. The van der Waals surface area contributed by atoms with E-state index in [0.717, 1.165) is 44.0 Å². The van der Waals surface area contributed by atoms with Crippen molar-refractivity contribution in [1.29, 1.82) is 0 Å². The van der Waals surface area contributed by atoms with Crippen LogP contribution in [0.5, 0.6) is 0 Å². The summed E-state index contributed by atoms with van der Waals surface area (Å²) in [6, 6.07) is 7.09. The second kappa shape index (κ2) is 11.9. The monoisotopic (exact) mass is 460 g/mol. The summed E-state index contributed by atoms with van der Waals surface area (Å²) >= 11 is 6.34. The van der Waals surface area contributed by atoms with E-state index in [1.807, 2.05) is 0 Å². The number of fused-ring (bicyclic) bond motifs is 1. The molecule has 1 aliphatic carbocycles. The maximum Gasteiger partial charge on any atom is 0.402 e. The highest BCUT2D eigenvalue weighted by Crippen LogP contribution is 2.27. The molecule has 174 valence electrons. The number of carbonyl (C=O) groups is 1. The van der Waals surface area contributed by atoms with Crippen molar-refractivity contribution in [3.05, 3.63) is 40.5 Å². The Morgan fingerprint density at radius 3 is 2.59 bits per heavy atom. The SMILES string of the molecule is CCN1CCc2ccc(Nc3ncc(Cl)c(NC4CCCCC4)n3)cc2CC1.NC(=O)O. The van der Waals surface area contributed by atoms with Gasteiger partial charge in [-0.1, -0.05) is 43.9 Å². The number of carboxylic acid groups (broad SMARTS) is 1. The lowest BCUT2D eigenvalue weighted by Crippen LogP contribution is -2.25. The number of hydrogen-bond donors (Lipinski definition) is 4. The van der Waals surface area contributed by atoms with E-state index in [-0.39, 0.29) is 0 Å². The second-order valence-corrected chi connectivity index (χ2v) is 8.66. The third kappa shape index (κ3) is 7.24. The zero-order valence-electron chi connectivity index (χ0n) is 18.6. The molecule has 4 rings (SSSR count). The number of rotatable bonds is 5. The highest BCUT2D eigenvalue weighted by molar-refractivity contribution is 6.32. The van der Waals surface area contributed by atoms with E-state index in [9.17, 15) is 0 Å². The zero-order chi connectivity index (χ0) is 22.9. The van der Waals surface area contributed by atoms with Crippen molar-refractivity contribution in [2.45, 2.75) is 57.9 Å². The highest BCUT2D eigenvalue weighted by Gasteiger charge is 2.16. The molecule has 0 unspecified atom stereocenters. The van der Waals surface area contributed by atoms with Gasteiger partial charge in [0.25, 0.3) is 0 Å². The number of nitrogens with zero attached hydrogens (tertiary/aromatic N) is 3. The van der Waals surface area contributed by atoms with Gasteiger partial charge in [-0.25, -0.2) is 9.78 Å². The summed E-state index contributed by atoms with van der Waals surface area (Å²) in [5.41, 5.74) is 7.95. The molecule has 32 heavy (non-hydrogen) atoms. The van der Waals surface area contributed by atoms with Gasteiger partial charge in [0, 0.05) is 24.8 Å². The fourth-order valence-electron chi connectivity index (χ4n) is 4.26. The first-order chi connectivity index (χ1) is 15.4. The second-order valence-electron chi connectivity index (χ2n) is 8.25. The fourth-order valence-corrected chi connectivity index (χ4v) is 4.41. The number of amides is 1. The van der Waals surface area contributed by atoms with Crippen LogP contribution in [0.3, 0.4) is 0 Å². The van der Waals surface area contributed by atoms with Gasteiger partial charge in [-0.2, -0.15) is 4.98 Å². The van der Waals surface area contributed by atoms with Gasteiger partial charge in [0.1, 0.15) is 5.02 Å². The quantitative estimate of drug-likeness (QED) is 0.512. The van der Waals surface area contributed by atoms with Crippen molar-refractivity contribution in [3.63, 3.8) is 0 Å². The van der Waals surface area contributed by atoms with Gasteiger partial charge in [-0.05, 0) is 55.5 Å². The van der Waals surface area contributed by atoms with Crippen LogP contribution in [0.1, 0.15) is 50.2 Å². The predicted molar refractivity (Wildman–Crippen MR) is 129 cm³/mol. The molecule has 0 radical (unpaired) electrons. The topological polar surface area (TPSA) is 116 Å². The van der Waals surface area contributed by atoms with E-state index in [1.54, 1.807) is 6.20 Å². The minimum Gasteiger partial charge on any atom is -0.465 e. The molecular weight excluding hydrogens is 428 g/mol. The molecule has 1 saturated carbocycles. The Labute approximate surface area is 194 Å². The van der Waals surface area contributed by atoms with Gasteiger partial charge < -0.3 is 26.4 Å². The summed E-state index contributed by atoms with van der Waals surface area (Å²) in [6.07, 6.45) is 8.81. The van der Waals surface area contributed by atoms with Crippen molar-refractivity contribution in [3.8, 4) is 0 Å². The third-order valence-corrected chi connectivity index (χ3v) is 6.27. The molecule has 1 aromatic carbocycles. The van der Waals surface area contributed by atoms with Crippen LogP contribution < -0.4 is 16.4 Å². The smallest absolute Gasteiger partial charge is 0.402 e. The molecular formula is C23H33ClN6O2. The molecule has 2 heterocycles. The summed E-state index contributed by atoms with van der Waals surface area (Å²) < 4.78 is 0. The molecule has 9 heteroatoms. The Bertz CT molecular complexity index is 900. The first-order valence-electron chi connectivity index (χ1n) is 11.3. The maximum atomic E-state index is 8.78. The maximum absolute atomic E-state index is 8.78. The van der Waals surface area contributed by atoms with Crippen molar-refractivity contribution in [2.24, 2.45) is 5.73 Å². The molecule has 2 aromatic rings. The van der Waals surface area contributed by atoms with Crippen LogP contribution in [0.4, 0.5) is 22.2 Å². The van der Waals surface area contributed by atoms with Crippen LogP contribution in [-0.4, -0.2) is 51.7 Å². The standard InChI is InChI=1S/C22H30ClN5.CH3NO2/c1-2-28-12-10-16-8-9-19(14-17(16)11-13-28)26-22-24-15-20(23)21(27-22)25-18-6-4-3-5-7-18;2-1(3)4/h8-9,14-15,18H,2-7,10-13H2,1H3,(H2,24,25,26,27);2H2,(H,3,4). The molecule has 0 spiro atoms. The zero-order valence-corrected chi connectivity index (χ0v) is 19.4. The molecule has 0 bridgehead atoms. The lowest BCUT2D eigenvalue weighted by Gasteiger charge is -2.23. The number of anilines is 3. The highest BCUT2D eigenvalue weighted by atomic mass is 35.5. The lowest BCUT2D eigenvalue weighted by molar-refractivity contribution is 0.205. The molecule has 1 fully saturated rings. The summed E-state index contributed by atoms with van der Waals surface area (Å²) in [5, 5.41) is 14.7. The summed E-state index contributed by atoms with van der Waals surface area (Å²) in [6.45, 7) is 5.63. The number of nitrogens with two attached hydrogens (primary N) is 1. The Morgan fingerprint density at radius 1 is 1.22 bits per heavy atom. The molecule has 5 N–H and O–H groups in total. The minimum atomic E-state index is -1.33. The van der Waals surface area contributed by atoms with E-state index in [1.165, 1.54) is 43.2 Å². The van der Waals surface area contributed by atoms with Crippen molar-refractivity contribution in [1.82, 2.24) is 14.9 Å². The molecule has 2 aliphatic rings. The number of likely N-dealkylation sites (N-methyl/N-ethyl adjacent to an activating group) is 1. The normalized spacial score (nSPS) is 16.8. The number of benzene rings is 1. The Kier molecular flexibility index (Phi) is 8.93. The van der Waals surface area contributed by atoms with E-state index < -0.39 is 6.09 Å². The van der Waals surface area contributed by atoms with E-state index >= 15 is 0 Å². The fraction of sp³-hybridized carbons (Fsp3) is 0.522. The van der Waals surface area contributed by atoms with Crippen molar-refractivity contribution >= 4 is 35.1 Å². The first-order valence-corrected chi connectivity index (χ1v) is 11.7. The minimum absolute atomic E-state index is 0.461. The van der Waals surface area contributed by atoms with Gasteiger partial charge in [0.05, 0.1) is 6.20 Å². The van der Waals surface area contributed by atoms with Gasteiger partial charge >= 0.3 is 6.09 Å². The van der Waals surface area contributed by atoms with Crippen LogP contribution in [0, 0.1) is 0 Å². The Balaban J connectivity index is 0.000000668. The largest absolute Gasteiger partial charge is 0.465 e. The first kappa shape index (κ1) is 24.1. The van der Waals surface area contributed by atoms with Crippen LogP contribution in [-0.2, 0) is 12.8 Å². The predicted octanol–water partition coefficient (Wildman–Crippen LogP) is 4.66. The van der Waals surface area contributed by atoms with Gasteiger partial charge in [0.2, 0.25) is 5.95 Å². The third-order valence-electron chi connectivity index (χ3n) is 5.99. The molecule has 0 atom stereocenters. The summed E-state index contributed by atoms with van der Waals surface area (Å²) in [5.74, 6) is 1.32. The Hall–Kier alpha value is -2.58. The molecule has 1 amide bonds. The van der Waals surface area contributed by atoms with Gasteiger partial charge in [-0.3, -0.25) is 0 Å². The molecule has 1 aliphatic heterocycles. The summed E-state index contributed by atoms with van der Waals surface area (Å²) in [4.78, 5) is 20.3. The van der Waals surface area contributed by atoms with E-state index in [2.05, 4.69) is 56.4 Å². The number of hydrogen-bond acceptors (Lipinski definition) is 6. The van der Waals surface area contributed by atoms with Crippen LogP contribution in [0.25, 0.3) is 0 Å². The lowest BCUT2D eigenvalue weighted by atomic mass is 9.95. The molecule has 8 nitrogen and oxygen atoms in total. The van der Waals surface area contributed by atoms with E-state index in [4.69, 9.17) is 21.5 Å². The van der Waals surface area contributed by atoms with Gasteiger partial charge in [0.15, 0.2) is 5.82 Å². The van der Waals surface area contributed by atoms with Crippen molar-refractivity contribution < 1.29 is 9.90 Å². The van der Waals surface area contributed by atoms with Gasteiger partial charge in [-0.15, -0.1) is 0 Å². The Morgan fingerprint density at radius 2 is 1.91 bits per heavy atom. The number of aromatic nitrogens is 2. The van der Waals surface area contributed by atoms with Crippen molar-refractivity contribution in [2.75, 3.05) is 30.3 Å². The number of nitrogens with one attached hydrogen (secondary N) is 2. The number of primary amides is 1. The van der Waals surface area contributed by atoms with Crippen LogP contribution in [0.15, 0.2) is 24.4 Å². The van der Waals surface area contributed by atoms with Crippen LogP contribution >= 0.6 is 11.6 Å². The number of halogens is 1. The summed E-state index contributed by atoms with van der Waals surface area (Å²) in [7, 11) is 0. The molecule has 0 saturated heterocycles. The molecule has 1 aromatic heterocycles. The average Bonchev–Trinajstić information content (AvgIpc) is 2.98. The van der Waals surface area contributed by atoms with E-state index in [0.29, 0.717) is 17.0 Å².